The van der Waals surface area contributed by atoms with E-state index in [-0.39, 0.29) is 0 Å². The number of nitrogens with zero attached hydrogens (tertiary/aromatic N) is 1. The van der Waals surface area contributed by atoms with Crippen LogP contribution in [-0.4, -0.2) is 36.3 Å². The van der Waals surface area contributed by atoms with E-state index in [0.29, 0.717) is 19.1 Å². The lowest BCUT2D eigenvalue weighted by atomic mass is 9.97. The molecule has 1 aromatic rings. The van der Waals surface area contributed by atoms with Gasteiger partial charge in [0.05, 0.1) is 6.61 Å². The second kappa shape index (κ2) is 6.78. The smallest absolute Gasteiger partial charge is 0.123 e. The second-order valence-corrected chi connectivity index (χ2v) is 5.20. The Labute approximate surface area is 115 Å². The van der Waals surface area contributed by atoms with Gasteiger partial charge in [-0.1, -0.05) is 0 Å². The molecular weight excluding hydrogens is 240 g/mol. The van der Waals surface area contributed by atoms with Crippen LogP contribution in [0.3, 0.4) is 0 Å². The summed E-state index contributed by atoms with van der Waals surface area (Å²) in [5.74, 6) is 1.41. The molecule has 0 aromatic heterocycles. The van der Waals surface area contributed by atoms with Crippen molar-refractivity contribution < 1.29 is 9.84 Å². The average molecular weight is 264 g/mol. The Morgan fingerprint density at radius 3 is 2.74 bits per heavy atom. The predicted molar refractivity (Wildman–Crippen MR) is 77.1 cm³/mol. The molecule has 1 aliphatic heterocycles. The van der Waals surface area contributed by atoms with Crippen LogP contribution < -0.4 is 10.5 Å². The summed E-state index contributed by atoms with van der Waals surface area (Å²) in [7, 11) is 0. The summed E-state index contributed by atoms with van der Waals surface area (Å²) in [6.07, 6.45) is 2.14. The van der Waals surface area contributed by atoms with Gasteiger partial charge in [0.2, 0.25) is 0 Å². The first kappa shape index (κ1) is 14.2. The third kappa shape index (κ3) is 3.85. The molecule has 1 fully saturated rings. The molecule has 4 heteroatoms. The Balaban J connectivity index is 2.00. The lowest BCUT2D eigenvalue weighted by Gasteiger charge is -2.31. The Bertz CT molecular complexity index is 401. The van der Waals surface area contributed by atoms with Gasteiger partial charge in [-0.3, -0.25) is 4.90 Å². The number of hydrogen-bond donors (Lipinski definition) is 2. The zero-order chi connectivity index (χ0) is 13.7. The summed E-state index contributed by atoms with van der Waals surface area (Å²) in [5.41, 5.74) is 7.80. The number of benzene rings is 1. The summed E-state index contributed by atoms with van der Waals surface area (Å²) < 4.78 is 5.65. The highest BCUT2D eigenvalue weighted by Crippen LogP contribution is 2.25. The second-order valence-electron chi connectivity index (χ2n) is 5.20. The highest BCUT2D eigenvalue weighted by atomic mass is 16.5. The van der Waals surface area contributed by atoms with Crippen LogP contribution in [0.5, 0.6) is 5.75 Å². The molecule has 0 spiro atoms. The van der Waals surface area contributed by atoms with Gasteiger partial charge in [-0.25, -0.2) is 0 Å². The highest BCUT2D eigenvalue weighted by molar-refractivity contribution is 5.47. The molecule has 0 saturated carbocycles. The Morgan fingerprint density at radius 1 is 1.37 bits per heavy atom. The van der Waals surface area contributed by atoms with Gasteiger partial charge in [0.25, 0.3) is 0 Å². The molecule has 3 N–H and O–H groups in total. The number of ether oxygens (including phenoxy) is 1. The largest absolute Gasteiger partial charge is 0.494 e. The molecule has 0 bridgehead atoms. The van der Waals surface area contributed by atoms with E-state index in [9.17, 15) is 0 Å². The van der Waals surface area contributed by atoms with Crippen molar-refractivity contribution in [3.05, 3.63) is 23.8 Å². The Hall–Kier alpha value is -1.26. The van der Waals surface area contributed by atoms with Crippen LogP contribution in [0.2, 0.25) is 0 Å². The van der Waals surface area contributed by atoms with E-state index in [0.717, 1.165) is 49.5 Å². The van der Waals surface area contributed by atoms with E-state index in [1.807, 2.05) is 25.1 Å². The van der Waals surface area contributed by atoms with Crippen molar-refractivity contribution in [3.63, 3.8) is 0 Å². The number of likely N-dealkylation sites (tertiary alicyclic amines) is 1. The summed E-state index contributed by atoms with van der Waals surface area (Å²) in [4.78, 5) is 2.41. The van der Waals surface area contributed by atoms with Gasteiger partial charge in [-0.05, 0) is 57.0 Å². The molecule has 106 valence electrons. The van der Waals surface area contributed by atoms with Crippen LogP contribution in [0, 0.1) is 5.92 Å². The minimum Gasteiger partial charge on any atom is -0.494 e. The first-order chi connectivity index (χ1) is 9.22. The molecule has 1 aliphatic rings. The third-order valence-electron chi connectivity index (χ3n) is 3.74. The fourth-order valence-electron chi connectivity index (χ4n) is 2.59. The number of anilines is 1. The maximum atomic E-state index is 9.16. The number of nitrogen functional groups attached to an aromatic ring is 1. The van der Waals surface area contributed by atoms with Gasteiger partial charge in [-0.15, -0.1) is 0 Å². The van der Waals surface area contributed by atoms with Crippen LogP contribution >= 0.6 is 0 Å². The molecular formula is C15H24N2O2. The van der Waals surface area contributed by atoms with E-state index in [2.05, 4.69) is 4.90 Å². The number of nitrogens with two attached hydrogens (primary N) is 1. The van der Waals surface area contributed by atoms with Crippen molar-refractivity contribution in [2.45, 2.75) is 26.3 Å². The molecule has 0 amide bonds. The normalized spacial score (nSPS) is 17.6. The molecule has 1 saturated heterocycles. The molecule has 0 atom stereocenters. The molecule has 2 rings (SSSR count). The van der Waals surface area contributed by atoms with Crippen molar-refractivity contribution in [2.75, 3.05) is 32.0 Å². The molecule has 0 unspecified atom stereocenters. The van der Waals surface area contributed by atoms with Crippen molar-refractivity contribution in [2.24, 2.45) is 5.92 Å². The lowest BCUT2D eigenvalue weighted by Crippen LogP contribution is -2.34. The van der Waals surface area contributed by atoms with Crippen LogP contribution in [0.1, 0.15) is 25.3 Å². The number of hydrogen-bond acceptors (Lipinski definition) is 4. The SMILES string of the molecule is CCOc1ccc(N)cc1CN1CCC(CO)CC1. The average Bonchev–Trinajstić information content (AvgIpc) is 2.43. The van der Waals surface area contributed by atoms with Gasteiger partial charge in [0, 0.05) is 24.4 Å². The summed E-state index contributed by atoms with van der Waals surface area (Å²) in [6.45, 7) is 5.92. The summed E-state index contributed by atoms with van der Waals surface area (Å²) >= 11 is 0. The Kier molecular flexibility index (Phi) is 5.05. The molecule has 4 nitrogen and oxygen atoms in total. The minimum atomic E-state index is 0.316. The molecule has 1 aromatic carbocycles. The molecule has 1 heterocycles. The molecule has 0 radical (unpaired) electrons. The summed E-state index contributed by atoms with van der Waals surface area (Å²) in [6, 6.07) is 5.84. The standard InChI is InChI=1S/C15H24N2O2/c1-2-19-15-4-3-14(16)9-13(15)10-17-7-5-12(11-18)6-8-17/h3-4,9,12,18H,2,5-8,10-11,16H2,1H3. The van der Waals surface area contributed by atoms with Crippen LogP contribution in [0.25, 0.3) is 0 Å². The lowest BCUT2D eigenvalue weighted by molar-refractivity contribution is 0.126. The summed E-state index contributed by atoms with van der Waals surface area (Å²) in [5, 5.41) is 9.16. The number of piperidine rings is 1. The van der Waals surface area contributed by atoms with E-state index in [1.54, 1.807) is 0 Å². The maximum Gasteiger partial charge on any atom is 0.123 e. The van der Waals surface area contributed by atoms with Crippen molar-refractivity contribution in [3.8, 4) is 5.75 Å². The van der Waals surface area contributed by atoms with Gasteiger partial charge >= 0.3 is 0 Å². The van der Waals surface area contributed by atoms with Crippen molar-refractivity contribution in [1.29, 1.82) is 0 Å². The monoisotopic (exact) mass is 264 g/mol. The zero-order valence-electron chi connectivity index (χ0n) is 11.6. The van der Waals surface area contributed by atoms with E-state index >= 15 is 0 Å². The van der Waals surface area contributed by atoms with E-state index in [4.69, 9.17) is 15.6 Å². The van der Waals surface area contributed by atoms with Crippen LogP contribution in [0.4, 0.5) is 5.69 Å². The first-order valence-electron chi connectivity index (χ1n) is 7.07. The van der Waals surface area contributed by atoms with Crippen molar-refractivity contribution in [1.82, 2.24) is 4.90 Å². The van der Waals surface area contributed by atoms with E-state index < -0.39 is 0 Å². The van der Waals surface area contributed by atoms with Gasteiger partial charge in [0.1, 0.15) is 5.75 Å². The highest BCUT2D eigenvalue weighted by Gasteiger charge is 2.19. The fourth-order valence-corrected chi connectivity index (χ4v) is 2.59. The van der Waals surface area contributed by atoms with Crippen LogP contribution in [0.15, 0.2) is 18.2 Å². The first-order valence-corrected chi connectivity index (χ1v) is 7.07. The topological polar surface area (TPSA) is 58.7 Å². The third-order valence-corrected chi connectivity index (χ3v) is 3.74. The van der Waals surface area contributed by atoms with Crippen molar-refractivity contribution >= 4 is 5.69 Å². The van der Waals surface area contributed by atoms with E-state index in [1.165, 1.54) is 0 Å². The predicted octanol–water partition coefficient (Wildman–Crippen LogP) is 1.87. The Morgan fingerprint density at radius 2 is 2.11 bits per heavy atom. The fraction of sp³-hybridized carbons (Fsp3) is 0.600. The van der Waals surface area contributed by atoms with Gasteiger partial charge in [-0.2, -0.15) is 0 Å². The maximum absolute atomic E-state index is 9.16. The quantitative estimate of drug-likeness (QED) is 0.797. The number of aliphatic hydroxyl groups is 1. The van der Waals surface area contributed by atoms with Gasteiger partial charge in [0.15, 0.2) is 0 Å². The van der Waals surface area contributed by atoms with Crippen LogP contribution in [-0.2, 0) is 6.54 Å². The minimum absolute atomic E-state index is 0.316. The molecule has 19 heavy (non-hydrogen) atoms. The number of rotatable bonds is 5. The van der Waals surface area contributed by atoms with Gasteiger partial charge < -0.3 is 15.6 Å². The number of aliphatic hydroxyl groups excluding tert-OH is 1. The molecule has 0 aliphatic carbocycles. The zero-order valence-corrected chi connectivity index (χ0v) is 11.6.